The van der Waals surface area contributed by atoms with E-state index in [0.29, 0.717) is 36.9 Å². The third-order valence-electron chi connectivity index (χ3n) is 6.39. The van der Waals surface area contributed by atoms with E-state index >= 15 is 0 Å². The highest BCUT2D eigenvalue weighted by molar-refractivity contribution is 5.66. The van der Waals surface area contributed by atoms with Crippen molar-refractivity contribution in [3.05, 3.63) is 64.2 Å². The highest BCUT2D eigenvalue weighted by Gasteiger charge is 2.35. The van der Waals surface area contributed by atoms with Gasteiger partial charge in [-0.3, -0.25) is 9.36 Å². The summed E-state index contributed by atoms with van der Waals surface area (Å²) in [5.74, 6) is 1.57. The second-order valence-electron chi connectivity index (χ2n) is 8.99. The van der Waals surface area contributed by atoms with Gasteiger partial charge in [-0.15, -0.1) is 0 Å². The van der Waals surface area contributed by atoms with Gasteiger partial charge in [-0.2, -0.15) is 0 Å². The molecule has 2 unspecified atom stereocenters. The lowest BCUT2D eigenvalue weighted by atomic mass is 10.1. The molecule has 3 aromatic rings. The van der Waals surface area contributed by atoms with E-state index in [1.165, 1.54) is 0 Å². The standard InChI is InChI=1S/C26H34N6O2/c1-7-34-22-16-32(23-10-8-9-13-27-23)15-21(22)29-24-18(3)28-25(31(6)26(24)33)20-12-11-19(30(4)5)14-17(20)2/h8-14,21-22,29H,7,15-16H2,1-6H3. The zero-order valence-corrected chi connectivity index (χ0v) is 20.9. The molecule has 0 bridgehead atoms. The molecule has 1 aromatic carbocycles. The van der Waals surface area contributed by atoms with Crippen LogP contribution in [0, 0.1) is 13.8 Å². The van der Waals surface area contributed by atoms with Crippen LogP contribution in [0.5, 0.6) is 0 Å². The molecule has 8 nitrogen and oxygen atoms in total. The lowest BCUT2D eigenvalue weighted by molar-refractivity contribution is 0.0720. The van der Waals surface area contributed by atoms with Crippen LogP contribution in [0.2, 0.25) is 0 Å². The van der Waals surface area contributed by atoms with Crippen LogP contribution < -0.4 is 20.7 Å². The van der Waals surface area contributed by atoms with E-state index in [2.05, 4.69) is 26.2 Å². The molecule has 1 saturated heterocycles. The molecule has 0 spiro atoms. The van der Waals surface area contributed by atoms with Gasteiger partial charge in [-0.1, -0.05) is 6.07 Å². The van der Waals surface area contributed by atoms with Gasteiger partial charge in [0.1, 0.15) is 17.3 Å². The number of aromatic nitrogens is 3. The number of aryl methyl sites for hydroxylation is 2. The second kappa shape index (κ2) is 9.85. The first-order valence-electron chi connectivity index (χ1n) is 11.7. The molecule has 1 N–H and O–H groups in total. The van der Waals surface area contributed by atoms with E-state index in [9.17, 15) is 4.79 Å². The van der Waals surface area contributed by atoms with Crippen LogP contribution >= 0.6 is 0 Å². The largest absolute Gasteiger partial charge is 0.378 e. The Morgan fingerprint density at radius 3 is 2.62 bits per heavy atom. The van der Waals surface area contributed by atoms with Crippen molar-refractivity contribution < 1.29 is 4.74 Å². The minimum atomic E-state index is -0.0925. The fourth-order valence-corrected chi connectivity index (χ4v) is 4.50. The fraction of sp³-hybridized carbons (Fsp3) is 0.423. The molecule has 2 aromatic heterocycles. The third kappa shape index (κ3) is 4.63. The summed E-state index contributed by atoms with van der Waals surface area (Å²) in [6, 6.07) is 12.0. The summed E-state index contributed by atoms with van der Waals surface area (Å²) in [6.07, 6.45) is 1.73. The molecule has 3 heterocycles. The van der Waals surface area contributed by atoms with Crippen LogP contribution in [-0.2, 0) is 11.8 Å². The lowest BCUT2D eigenvalue weighted by Crippen LogP contribution is -2.38. The van der Waals surface area contributed by atoms with Crippen LogP contribution in [0.15, 0.2) is 47.4 Å². The monoisotopic (exact) mass is 462 g/mol. The predicted molar refractivity (Wildman–Crippen MR) is 138 cm³/mol. The van der Waals surface area contributed by atoms with Gasteiger partial charge < -0.3 is 19.9 Å². The van der Waals surface area contributed by atoms with Gasteiger partial charge >= 0.3 is 0 Å². The van der Waals surface area contributed by atoms with Crippen molar-refractivity contribution in [1.29, 1.82) is 0 Å². The zero-order valence-electron chi connectivity index (χ0n) is 20.9. The molecule has 1 aliphatic heterocycles. The molecule has 180 valence electrons. The van der Waals surface area contributed by atoms with Gasteiger partial charge in [0.15, 0.2) is 0 Å². The maximum absolute atomic E-state index is 13.5. The molecule has 1 fully saturated rings. The molecule has 34 heavy (non-hydrogen) atoms. The van der Waals surface area contributed by atoms with Crippen molar-refractivity contribution in [1.82, 2.24) is 14.5 Å². The van der Waals surface area contributed by atoms with Crippen LogP contribution in [0.25, 0.3) is 11.4 Å². The number of pyridine rings is 1. The van der Waals surface area contributed by atoms with E-state index in [1.54, 1.807) is 17.8 Å². The van der Waals surface area contributed by atoms with Gasteiger partial charge in [0, 0.05) is 58.3 Å². The lowest BCUT2D eigenvalue weighted by Gasteiger charge is -2.22. The number of anilines is 3. The minimum Gasteiger partial charge on any atom is -0.378 e. The molecule has 2 atom stereocenters. The first-order chi connectivity index (χ1) is 16.3. The number of hydrogen-bond donors (Lipinski definition) is 1. The van der Waals surface area contributed by atoms with Gasteiger partial charge in [-0.05, 0) is 56.7 Å². The summed E-state index contributed by atoms with van der Waals surface area (Å²) in [7, 11) is 5.81. The molecule has 0 radical (unpaired) electrons. The Morgan fingerprint density at radius 1 is 1.18 bits per heavy atom. The van der Waals surface area contributed by atoms with Crippen molar-refractivity contribution in [2.75, 3.05) is 48.9 Å². The Morgan fingerprint density at radius 2 is 1.97 bits per heavy atom. The molecule has 1 aliphatic rings. The maximum Gasteiger partial charge on any atom is 0.277 e. The molecule has 0 amide bonds. The van der Waals surface area contributed by atoms with E-state index in [4.69, 9.17) is 9.72 Å². The Balaban J connectivity index is 1.64. The van der Waals surface area contributed by atoms with Crippen molar-refractivity contribution in [2.45, 2.75) is 32.9 Å². The van der Waals surface area contributed by atoms with Gasteiger partial charge in [0.05, 0.1) is 17.8 Å². The first kappa shape index (κ1) is 23.8. The summed E-state index contributed by atoms with van der Waals surface area (Å²) in [6.45, 7) is 7.94. The smallest absolute Gasteiger partial charge is 0.277 e. The topological polar surface area (TPSA) is 75.5 Å². The van der Waals surface area contributed by atoms with Gasteiger partial charge in [0.2, 0.25) is 0 Å². The molecule has 8 heteroatoms. The van der Waals surface area contributed by atoms with Crippen LogP contribution in [0.1, 0.15) is 18.2 Å². The Hall–Kier alpha value is -3.39. The number of hydrogen-bond acceptors (Lipinski definition) is 7. The minimum absolute atomic E-state index is 0.0536. The van der Waals surface area contributed by atoms with Crippen molar-refractivity contribution >= 4 is 17.2 Å². The second-order valence-corrected chi connectivity index (χ2v) is 8.99. The normalized spacial score (nSPS) is 17.8. The average Bonchev–Trinajstić information content (AvgIpc) is 3.22. The first-order valence-corrected chi connectivity index (χ1v) is 11.7. The maximum atomic E-state index is 13.5. The van der Waals surface area contributed by atoms with Crippen molar-refractivity contribution in [2.24, 2.45) is 7.05 Å². The average molecular weight is 463 g/mol. The molecular formula is C26H34N6O2. The van der Waals surface area contributed by atoms with Crippen LogP contribution in [-0.4, -0.2) is 60.5 Å². The number of nitrogens with one attached hydrogen (secondary N) is 1. The summed E-state index contributed by atoms with van der Waals surface area (Å²) < 4.78 is 7.66. The summed E-state index contributed by atoms with van der Waals surface area (Å²) in [4.78, 5) is 27.0. The highest BCUT2D eigenvalue weighted by atomic mass is 16.5. The van der Waals surface area contributed by atoms with E-state index in [1.807, 2.05) is 65.2 Å². The highest BCUT2D eigenvalue weighted by Crippen LogP contribution is 2.27. The molecule has 4 rings (SSSR count). The van der Waals surface area contributed by atoms with Crippen LogP contribution in [0.4, 0.5) is 17.2 Å². The Labute approximate surface area is 201 Å². The summed E-state index contributed by atoms with van der Waals surface area (Å²) >= 11 is 0. The number of rotatable bonds is 7. The van der Waals surface area contributed by atoms with Crippen LogP contribution in [0.3, 0.4) is 0 Å². The van der Waals surface area contributed by atoms with Crippen molar-refractivity contribution in [3.8, 4) is 11.4 Å². The van der Waals surface area contributed by atoms with E-state index in [0.717, 1.165) is 22.6 Å². The summed E-state index contributed by atoms with van der Waals surface area (Å²) in [5.41, 5.74) is 4.25. The van der Waals surface area contributed by atoms with E-state index < -0.39 is 0 Å². The van der Waals surface area contributed by atoms with Gasteiger partial charge in [0.25, 0.3) is 5.56 Å². The summed E-state index contributed by atoms with van der Waals surface area (Å²) in [5, 5.41) is 3.47. The quantitative estimate of drug-likeness (QED) is 0.578. The molecular weight excluding hydrogens is 428 g/mol. The van der Waals surface area contributed by atoms with Gasteiger partial charge in [-0.25, -0.2) is 9.97 Å². The fourth-order valence-electron chi connectivity index (χ4n) is 4.50. The molecule has 0 saturated carbocycles. The SMILES string of the molecule is CCOC1CN(c2ccccn2)CC1Nc1c(C)nc(-c2ccc(N(C)C)cc2C)n(C)c1=O. The van der Waals surface area contributed by atoms with Crippen molar-refractivity contribution in [3.63, 3.8) is 0 Å². The number of ether oxygens (including phenoxy) is 1. The zero-order chi connectivity index (χ0) is 24.4. The van der Waals surface area contributed by atoms with E-state index in [-0.39, 0.29) is 17.7 Å². The number of benzene rings is 1. The Bertz CT molecular complexity index is 1210. The predicted octanol–water partition coefficient (Wildman–Crippen LogP) is 3.23. The Kier molecular flexibility index (Phi) is 6.88. The number of nitrogens with zero attached hydrogens (tertiary/aromatic N) is 5. The third-order valence-corrected chi connectivity index (χ3v) is 6.39. The molecule has 0 aliphatic carbocycles.